The van der Waals surface area contributed by atoms with Crippen LogP contribution >= 0.6 is 0 Å². The van der Waals surface area contributed by atoms with Gasteiger partial charge in [-0.3, -0.25) is 0 Å². The van der Waals surface area contributed by atoms with Crippen LogP contribution in [0.4, 0.5) is 0 Å². The average Bonchev–Trinajstić information content (AvgIpc) is 2.28. The zero-order valence-electron chi connectivity index (χ0n) is 11.7. The van der Waals surface area contributed by atoms with Crippen molar-refractivity contribution >= 4 is 8.80 Å². The summed E-state index contributed by atoms with van der Waals surface area (Å²) in [5, 5.41) is -0.0736. The molecule has 0 spiro atoms. The molecule has 2 saturated heterocycles. The largest absolute Gasteiger partial charge is 0.508 e. The van der Waals surface area contributed by atoms with Gasteiger partial charge in [0.25, 0.3) is 0 Å². The molecule has 0 saturated carbocycles. The zero-order valence-corrected chi connectivity index (χ0v) is 12.7. The topological polar surface area (TPSA) is 27.7 Å². The average molecular weight is 244 g/mol. The fraction of sp³-hybridized carbons (Fsp3) is 1.00. The molecule has 0 aromatic rings. The number of hydrogen-bond acceptors (Lipinski definition) is 3. The highest BCUT2D eigenvalue weighted by Crippen LogP contribution is 2.62. The molecule has 0 amide bonds. The van der Waals surface area contributed by atoms with Crippen molar-refractivity contribution in [2.24, 2.45) is 0 Å². The molecule has 2 aliphatic heterocycles. The van der Waals surface area contributed by atoms with Crippen LogP contribution in [0.3, 0.4) is 0 Å². The SMILES string of the molecule is CC1(C)O[Si]2(C(C)(C)C)OC(C)(C)C1(C)O2. The molecule has 16 heavy (non-hydrogen) atoms. The highest BCUT2D eigenvalue weighted by molar-refractivity contribution is 6.65. The molecule has 0 aliphatic carbocycles. The Bertz CT molecular complexity index is 310. The highest BCUT2D eigenvalue weighted by Gasteiger charge is 2.79. The van der Waals surface area contributed by atoms with Gasteiger partial charge in [0.1, 0.15) is 5.60 Å². The highest BCUT2D eigenvalue weighted by atomic mass is 28.4. The first-order chi connectivity index (χ1) is 6.87. The Morgan fingerprint density at radius 2 is 1.12 bits per heavy atom. The summed E-state index contributed by atoms with van der Waals surface area (Å²) < 4.78 is 18.8. The first kappa shape index (κ1) is 12.6. The van der Waals surface area contributed by atoms with E-state index in [1.165, 1.54) is 0 Å². The van der Waals surface area contributed by atoms with E-state index in [0.717, 1.165) is 0 Å². The van der Waals surface area contributed by atoms with Gasteiger partial charge in [0.15, 0.2) is 0 Å². The van der Waals surface area contributed by atoms with Gasteiger partial charge < -0.3 is 13.3 Å². The Kier molecular flexibility index (Phi) is 2.15. The minimum Gasteiger partial charge on any atom is -0.365 e. The molecule has 0 unspecified atom stereocenters. The standard InChI is InChI=1S/C12H24O3Si/c1-9(2,3)16-13-10(4,5)12(8,15-16)11(6,7)14-16/h1-8H3. The fourth-order valence-electron chi connectivity index (χ4n) is 2.63. The molecule has 0 N–H and O–H groups in total. The lowest BCUT2D eigenvalue weighted by molar-refractivity contribution is -0.133. The molecule has 0 atom stereocenters. The van der Waals surface area contributed by atoms with E-state index in [9.17, 15) is 0 Å². The number of hydrogen-bond donors (Lipinski definition) is 0. The minimum atomic E-state index is -2.58. The second-order valence-electron chi connectivity index (χ2n) is 7.17. The molecule has 2 heterocycles. The molecular weight excluding hydrogens is 220 g/mol. The van der Waals surface area contributed by atoms with Gasteiger partial charge in [-0.2, -0.15) is 0 Å². The van der Waals surface area contributed by atoms with Crippen molar-refractivity contribution in [3.63, 3.8) is 0 Å². The molecule has 0 aromatic heterocycles. The maximum atomic E-state index is 6.34. The predicted octanol–water partition coefficient (Wildman–Crippen LogP) is 3.12. The van der Waals surface area contributed by atoms with Crippen LogP contribution in [0.1, 0.15) is 55.4 Å². The quantitative estimate of drug-likeness (QED) is 0.613. The molecule has 2 bridgehead atoms. The second-order valence-corrected chi connectivity index (χ2v) is 10.4. The maximum Gasteiger partial charge on any atom is 0.508 e. The molecule has 94 valence electrons. The van der Waals surface area contributed by atoms with Gasteiger partial charge in [0, 0.05) is 5.04 Å². The van der Waals surface area contributed by atoms with E-state index in [1.807, 2.05) is 0 Å². The summed E-state index contributed by atoms with van der Waals surface area (Å²) in [5.74, 6) is 0. The Morgan fingerprint density at radius 1 is 0.750 bits per heavy atom. The summed E-state index contributed by atoms with van der Waals surface area (Å²) in [5.41, 5.74) is -0.929. The third kappa shape index (κ3) is 1.19. The molecule has 0 aromatic carbocycles. The van der Waals surface area contributed by atoms with Crippen molar-refractivity contribution in [1.82, 2.24) is 0 Å². The van der Waals surface area contributed by atoms with E-state index >= 15 is 0 Å². The lowest BCUT2D eigenvalue weighted by atomic mass is 9.76. The van der Waals surface area contributed by atoms with Crippen LogP contribution in [-0.2, 0) is 13.3 Å². The molecule has 4 heteroatoms. The van der Waals surface area contributed by atoms with Crippen molar-refractivity contribution in [1.29, 1.82) is 0 Å². The Labute approximate surface area is 99.8 Å². The van der Waals surface area contributed by atoms with Crippen molar-refractivity contribution in [3.8, 4) is 0 Å². The van der Waals surface area contributed by atoms with Gasteiger partial charge in [0.2, 0.25) is 0 Å². The van der Waals surface area contributed by atoms with E-state index in [2.05, 4.69) is 55.4 Å². The maximum absolute atomic E-state index is 6.34. The summed E-state index contributed by atoms with van der Waals surface area (Å²) in [4.78, 5) is 0. The molecule has 2 aliphatic rings. The van der Waals surface area contributed by atoms with Crippen molar-refractivity contribution < 1.29 is 13.3 Å². The van der Waals surface area contributed by atoms with E-state index < -0.39 is 8.80 Å². The van der Waals surface area contributed by atoms with Crippen LogP contribution in [0.5, 0.6) is 0 Å². The lowest BCUT2D eigenvalue weighted by Crippen LogP contribution is -2.63. The van der Waals surface area contributed by atoms with Crippen LogP contribution in [0.15, 0.2) is 0 Å². The van der Waals surface area contributed by atoms with E-state index in [-0.39, 0.29) is 21.8 Å². The van der Waals surface area contributed by atoms with Crippen LogP contribution in [0, 0.1) is 0 Å². The first-order valence-electron chi connectivity index (χ1n) is 5.97. The van der Waals surface area contributed by atoms with Crippen molar-refractivity contribution in [3.05, 3.63) is 0 Å². The summed E-state index contributed by atoms with van der Waals surface area (Å²) in [6, 6.07) is 0. The second kappa shape index (κ2) is 2.74. The summed E-state index contributed by atoms with van der Waals surface area (Å²) in [6.07, 6.45) is 0. The van der Waals surface area contributed by atoms with Crippen LogP contribution in [0.2, 0.25) is 5.04 Å². The molecule has 2 fully saturated rings. The normalized spacial score (nSPS) is 45.0. The Balaban J connectivity index is 2.53. The van der Waals surface area contributed by atoms with Gasteiger partial charge in [-0.05, 0) is 34.6 Å². The predicted molar refractivity (Wildman–Crippen MR) is 65.3 cm³/mol. The lowest BCUT2D eigenvalue weighted by Gasteiger charge is -2.48. The number of fused-ring (bicyclic) bond motifs is 2. The van der Waals surface area contributed by atoms with Gasteiger partial charge in [-0.1, -0.05) is 20.8 Å². The minimum absolute atomic E-state index is 0.0736. The molecular formula is C12H24O3Si. The molecule has 0 radical (unpaired) electrons. The number of rotatable bonds is 0. The Morgan fingerprint density at radius 3 is 1.31 bits per heavy atom. The summed E-state index contributed by atoms with van der Waals surface area (Å²) in [7, 11) is -2.58. The van der Waals surface area contributed by atoms with E-state index in [4.69, 9.17) is 13.3 Å². The van der Waals surface area contributed by atoms with Crippen LogP contribution < -0.4 is 0 Å². The van der Waals surface area contributed by atoms with Crippen molar-refractivity contribution in [2.45, 2.75) is 77.2 Å². The van der Waals surface area contributed by atoms with Gasteiger partial charge in [-0.25, -0.2) is 0 Å². The molecule has 3 nitrogen and oxygen atoms in total. The zero-order chi connectivity index (χ0) is 12.6. The third-order valence-corrected chi connectivity index (χ3v) is 8.41. The smallest absolute Gasteiger partial charge is 0.365 e. The van der Waals surface area contributed by atoms with Gasteiger partial charge in [0.05, 0.1) is 11.2 Å². The van der Waals surface area contributed by atoms with Gasteiger partial charge >= 0.3 is 8.80 Å². The summed E-state index contributed by atoms with van der Waals surface area (Å²) in [6.45, 7) is 17.0. The Hall–Kier alpha value is 0.0969. The van der Waals surface area contributed by atoms with Crippen LogP contribution in [0.25, 0.3) is 0 Å². The fourth-order valence-corrected chi connectivity index (χ4v) is 6.43. The van der Waals surface area contributed by atoms with E-state index in [0.29, 0.717) is 0 Å². The molecule has 2 rings (SSSR count). The van der Waals surface area contributed by atoms with E-state index in [1.54, 1.807) is 0 Å². The third-order valence-electron chi connectivity index (χ3n) is 4.33. The van der Waals surface area contributed by atoms with Gasteiger partial charge in [-0.15, -0.1) is 0 Å². The monoisotopic (exact) mass is 244 g/mol. The summed E-state index contributed by atoms with van der Waals surface area (Å²) >= 11 is 0. The van der Waals surface area contributed by atoms with Crippen LogP contribution in [-0.4, -0.2) is 25.6 Å². The first-order valence-corrected chi connectivity index (χ1v) is 7.70. The van der Waals surface area contributed by atoms with Crippen molar-refractivity contribution in [2.75, 3.05) is 0 Å².